The molecule has 3 aromatic rings. The summed E-state index contributed by atoms with van der Waals surface area (Å²) >= 11 is 0. The van der Waals surface area contributed by atoms with Crippen molar-refractivity contribution >= 4 is 11.0 Å². The molecule has 0 bridgehead atoms. The molecule has 5 nitrogen and oxygen atoms in total. The molecule has 0 saturated heterocycles. The first-order valence-corrected chi connectivity index (χ1v) is 10.1. The molecule has 0 radical (unpaired) electrons. The van der Waals surface area contributed by atoms with Crippen molar-refractivity contribution in [1.82, 2.24) is 14.5 Å². The van der Waals surface area contributed by atoms with Gasteiger partial charge in [0, 0.05) is 44.1 Å². The third-order valence-electron chi connectivity index (χ3n) is 5.49. The minimum absolute atomic E-state index is 0.0880. The van der Waals surface area contributed by atoms with Crippen molar-refractivity contribution in [3.8, 4) is 0 Å². The monoisotopic (exact) mass is 377 g/mol. The van der Waals surface area contributed by atoms with Crippen molar-refractivity contribution in [3.05, 3.63) is 77.2 Å². The Hall–Kier alpha value is -2.66. The Labute approximate surface area is 165 Å². The van der Waals surface area contributed by atoms with Crippen LogP contribution in [0.3, 0.4) is 0 Å². The average molecular weight is 377 g/mol. The van der Waals surface area contributed by atoms with Gasteiger partial charge in [-0.15, -0.1) is 0 Å². The van der Waals surface area contributed by atoms with Gasteiger partial charge in [0.1, 0.15) is 5.58 Å². The summed E-state index contributed by atoms with van der Waals surface area (Å²) in [5.41, 5.74) is 1.48. The van der Waals surface area contributed by atoms with Gasteiger partial charge in [-0.1, -0.05) is 24.3 Å². The van der Waals surface area contributed by atoms with Gasteiger partial charge in [-0.25, -0.2) is 4.98 Å². The molecule has 28 heavy (non-hydrogen) atoms. The van der Waals surface area contributed by atoms with Crippen LogP contribution >= 0.6 is 0 Å². The molecule has 0 spiro atoms. The molecule has 0 amide bonds. The van der Waals surface area contributed by atoms with Crippen molar-refractivity contribution in [2.45, 2.75) is 38.8 Å². The molecular formula is C23H27N3O2. The molecule has 2 aromatic heterocycles. The maximum absolute atomic E-state index is 12.9. The minimum atomic E-state index is 0.0880. The van der Waals surface area contributed by atoms with Gasteiger partial charge in [0.05, 0.1) is 18.0 Å². The highest BCUT2D eigenvalue weighted by atomic mass is 16.3. The van der Waals surface area contributed by atoms with Crippen LogP contribution in [0.15, 0.2) is 70.6 Å². The topological polar surface area (TPSA) is 51.3 Å². The number of hydrogen-bond donors (Lipinski definition) is 0. The largest absolute Gasteiger partial charge is 0.464 e. The molecule has 5 heteroatoms. The van der Waals surface area contributed by atoms with E-state index in [4.69, 9.17) is 4.42 Å². The van der Waals surface area contributed by atoms with E-state index in [1.54, 1.807) is 6.26 Å². The lowest BCUT2D eigenvalue weighted by atomic mass is 9.93. The normalized spacial score (nSPS) is 16.8. The van der Waals surface area contributed by atoms with Crippen LogP contribution in [0, 0.1) is 5.92 Å². The lowest BCUT2D eigenvalue weighted by molar-refractivity contribution is 0.208. The predicted octanol–water partition coefficient (Wildman–Crippen LogP) is 4.24. The number of benzene rings is 1. The molecule has 0 saturated carbocycles. The van der Waals surface area contributed by atoms with E-state index in [-0.39, 0.29) is 5.43 Å². The maximum Gasteiger partial charge on any atom is 0.197 e. The Balaban J connectivity index is 1.48. The van der Waals surface area contributed by atoms with Gasteiger partial charge in [0.2, 0.25) is 0 Å². The summed E-state index contributed by atoms with van der Waals surface area (Å²) in [5, 5.41) is 0.666. The number of fused-ring (bicyclic) bond motifs is 1. The number of nitrogens with zero attached hydrogens (tertiary/aromatic N) is 3. The second kappa shape index (κ2) is 9.02. The molecule has 0 N–H and O–H groups in total. The van der Waals surface area contributed by atoms with E-state index < -0.39 is 0 Å². The smallest absolute Gasteiger partial charge is 0.197 e. The van der Waals surface area contributed by atoms with E-state index in [0.29, 0.717) is 23.4 Å². The first-order chi connectivity index (χ1) is 13.8. The van der Waals surface area contributed by atoms with Crippen molar-refractivity contribution in [2.75, 3.05) is 13.1 Å². The second-order valence-electron chi connectivity index (χ2n) is 7.63. The van der Waals surface area contributed by atoms with Crippen LogP contribution in [-0.4, -0.2) is 27.5 Å². The van der Waals surface area contributed by atoms with Crippen LogP contribution in [-0.2, 0) is 13.1 Å². The van der Waals surface area contributed by atoms with E-state index in [2.05, 4.69) is 26.6 Å². The summed E-state index contributed by atoms with van der Waals surface area (Å²) in [6.07, 6.45) is 16.4. The number of hydrogen-bond acceptors (Lipinski definition) is 4. The molecular weight excluding hydrogens is 350 g/mol. The first kappa shape index (κ1) is 18.7. The van der Waals surface area contributed by atoms with Gasteiger partial charge in [-0.05, 0) is 43.7 Å². The highest BCUT2D eigenvalue weighted by Crippen LogP contribution is 2.20. The van der Waals surface area contributed by atoms with Crippen LogP contribution in [0.4, 0.5) is 0 Å². The van der Waals surface area contributed by atoms with Crippen LogP contribution in [0.2, 0.25) is 0 Å². The molecule has 1 aliphatic carbocycles. The summed E-state index contributed by atoms with van der Waals surface area (Å²) < 4.78 is 7.83. The molecule has 0 fully saturated rings. The van der Waals surface area contributed by atoms with Gasteiger partial charge < -0.3 is 8.98 Å². The van der Waals surface area contributed by atoms with E-state index in [1.165, 1.54) is 6.42 Å². The van der Waals surface area contributed by atoms with E-state index in [9.17, 15) is 4.79 Å². The molecule has 1 unspecified atom stereocenters. The lowest BCUT2D eigenvalue weighted by Crippen LogP contribution is -2.32. The molecule has 4 rings (SSSR count). The second-order valence-corrected chi connectivity index (χ2v) is 7.63. The quantitative estimate of drug-likeness (QED) is 0.551. The maximum atomic E-state index is 12.9. The molecule has 0 aliphatic heterocycles. The molecule has 1 aromatic carbocycles. The Kier molecular flexibility index (Phi) is 6.02. The van der Waals surface area contributed by atoms with Crippen LogP contribution in [0.1, 0.15) is 31.2 Å². The Morgan fingerprint density at radius 1 is 1.25 bits per heavy atom. The van der Waals surface area contributed by atoms with Gasteiger partial charge in [-0.2, -0.15) is 0 Å². The first-order valence-electron chi connectivity index (χ1n) is 10.1. The number of imidazole rings is 1. The van der Waals surface area contributed by atoms with Gasteiger partial charge >= 0.3 is 0 Å². The van der Waals surface area contributed by atoms with Crippen molar-refractivity contribution in [2.24, 2.45) is 5.92 Å². The van der Waals surface area contributed by atoms with Gasteiger partial charge in [0.15, 0.2) is 5.43 Å². The third-order valence-corrected chi connectivity index (χ3v) is 5.49. The fourth-order valence-corrected chi connectivity index (χ4v) is 3.99. The lowest BCUT2D eigenvalue weighted by Gasteiger charge is -2.28. The third kappa shape index (κ3) is 4.60. The number of aromatic nitrogens is 2. The summed E-state index contributed by atoms with van der Waals surface area (Å²) in [4.78, 5) is 19.4. The van der Waals surface area contributed by atoms with Crippen molar-refractivity contribution in [1.29, 1.82) is 0 Å². The number of rotatable bonds is 8. The zero-order valence-corrected chi connectivity index (χ0v) is 16.2. The molecule has 146 valence electrons. The highest BCUT2D eigenvalue weighted by molar-refractivity contribution is 5.76. The molecule has 1 aliphatic rings. The summed E-state index contributed by atoms with van der Waals surface area (Å²) in [6.45, 7) is 3.54. The van der Waals surface area contributed by atoms with Crippen molar-refractivity contribution < 1.29 is 4.42 Å². The Morgan fingerprint density at radius 2 is 2.18 bits per heavy atom. The number of aryl methyl sites for hydroxylation is 1. The number of para-hydroxylation sites is 1. The summed E-state index contributed by atoms with van der Waals surface area (Å²) in [5.74, 6) is 0.658. The minimum Gasteiger partial charge on any atom is -0.464 e. The Bertz CT molecular complexity index is 975. The van der Waals surface area contributed by atoms with E-state index in [0.717, 1.165) is 44.5 Å². The van der Waals surface area contributed by atoms with Gasteiger partial charge in [0.25, 0.3) is 0 Å². The predicted molar refractivity (Wildman–Crippen MR) is 111 cm³/mol. The number of allylic oxidation sites excluding steroid dienone is 2. The molecule has 1 atom stereocenters. The Morgan fingerprint density at radius 3 is 3.00 bits per heavy atom. The average Bonchev–Trinajstić information content (AvgIpc) is 3.24. The van der Waals surface area contributed by atoms with Crippen molar-refractivity contribution in [3.63, 3.8) is 0 Å². The fraction of sp³-hybridized carbons (Fsp3) is 0.391. The molecule has 2 heterocycles. The van der Waals surface area contributed by atoms with E-state index >= 15 is 0 Å². The zero-order valence-electron chi connectivity index (χ0n) is 16.2. The van der Waals surface area contributed by atoms with Gasteiger partial charge in [-0.3, -0.25) is 9.69 Å². The SMILES string of the molecule is O=c1c(CN(CCCn2ccnc2)CC2CC=CCC2)coc2ccccc12. The van der Waals surface area contributed by atoms with E-state index in [1.807, 2.05) is 43.0 Å². The highest BCUT2D eigenvalue weighted by Gasteiger charge is 2.17. The summed E-state index contributed by atoms with van der Waals surface area (Å²) in [6, 6.07) is 7.47. The summed E-state index contributed by atoms with van der Waals surface area (Å²) in [7, 11) is 0. The standard InChI is InChI=1S/C23H27N3O2/c27-23-20(17-28-22-10-5-4-9-21(22)23)16-26(15-19-7-2-1-3-8-19)13-6-12-25-14-11-24-18-25/h1-2,4-5,9-11,14,17-19H,3,6-8,12-13,15-16H2. The van der Waals surface area contributed by atoms with Crippen LogP contribution < -0.4 is 5.43 Å². The fourth-order valence-electron chi connectivity index (χ4n) is 3.99. The zero-order chi connectivity index (χ0) is 19.2. The van der Waals surface area contributed by atoms with Crippen LogP contribution in [0.5, 0.6) is 0 Å². The van der Waals surface area contributed by atoms with Crippen LogP contribution in [0.25, 0.3) is 11.0 Å².